The molecule has 0 aliphatic rings. The van der Waals surface area contributed by atoms with E-state index < -0.39 is 11.6 Å². The Morgan fingerprint density at radius 3 is 2.67 bits per heavy atom. The van der Waals surface area contributed by atoms with Crippen molar-refractivity contribution in [2.75, 3.05) is 19.5 Å². The van der Waals surface area contributed by atoms with E-state index in [1.54, 1.807) is 25.1 Å². The number of rotatable bonds is 5. The summed E-state index contributed by atoms with van der Waals surface area (Å²) in [6, 6.07) is 8.71. The highest BCUT2D eigenvalue weighted by atomic mass is 19.1. The number of ketones is 1. The van der Waals surface area contributed by atoms with E-state index in [1.165, 1.54) is 19.2 Å². The molecule has 0 atom stereocenters. The minimum absolute atomic E-state index is 0.108. The van der Waals surface area contributed by atoms with Gasteiger partial charge in [-0.15, -0.1) is 0 Å². The molecule has 21 heavy (non-hydrogen) atoms. The van der Waals surface area contributed by atoms with Crippen molar-refractivity contribution in [1.29, 1.82) is 0 Å². The number of anilines is 1. The van der Waals surface area contributed by atoms with Crippen LogP contribution < -0.4 is 15.2 Å². The van der Waals surface area contributed by atoms with E-state index in [0.29, 0.717) is 12.4 Å². The van der Waals surface area contributed by atoms with Gasteiger partial charge in [-0.3, -0.25) is 4.79 Å². The van der Waals surface area contributed by atoms with Crippen LogP contribution in [-0.2, 0) is 0 Å². The number of hydrogen-bond donors (Lipinski definition) is 1. The molecule has 2 aromatic carbocycles. The number of methoxy groups -OCH3 is 1. The quantitative estimate of drug-likeness (QED) is 0.679. The largest absolute Gasteiger partial charge is 0.496 e. The predicted octanol–water partition coefficient (Wildman–Crippen LogP) is 3.05. The molecule has 0 heterocycles. The van der Waals surface area contributed by atoms with E-state index in [2.05, 4.69) is 0 Å². The van der Waals surface area contributed by atoms with Crippen molar-refractivity contribution in [2.45, 2.75) is 6.92 Å². The molecule has 110 valence electrons. The number of nitrogens with two attached hydrogens (primary N) is 1. The van der Waals surface area contributed by atoms with Gasteiger partial charge in [-0.1, -0.05) is 6.07 Å². The first-order valence-electron chi connectivity index (χ1n) is 6.48. The number of carbonyl (C=O) groups excluding carboxylic acids is 1. The van der Waals surface area contributed by atoms with Crippen LogP contribution in [0.4, 0.5) is 10.1 Å². The van der Waals surface area contributed by atoms with Gasteiger partial charge in [0.15, 0.2) is 0 Å². The van der Waals surface area contributed by atoms with Crippen molar-refractivity contribution < 1.29 is 18.7 Å². The maximum Gasteiger partial charge on any atom is 0.202 e. The van der Waals surface area contributed by atoms with Gasteiger partial charge in [-0.05, 0) is 37.3 Å². The number of halogens is 1. The SMILES string of the molecule is CCOc1cccc(N)c1C(=O)c1cc(F)ccc1OC. The third-order valence-electron chi connectivity index (χ3n) is 2.99. The molecule has 0 spiro atoms. The van der Waals surface area contributed by atoms with Gasteiger partial charge in [-0.2, -0.15) is 0 Å². The Labute approximate surface area is 122 Å². The third kappa shape index (κ3) is 2.97. The summed E-state index contributed by atoms with van der Waals surface area (Å²) in [6.45, 7) is 2.20. The van der Waals surface area contributed by atoms with Gasteiger partial charge >= 0.3 is 0 Å². The molecule has 2 rings (SSSR count). The maximum absolute atomic E-state index is 13.4. The van der Waals surface area contributed by atoms with Gasteiger partial charge in [0.25, 0.3) is 0 Å². The van der Waals surface area contributed by atoms with Crippen LogP contribution in [0.1, 0.15) is 22.8 Å². The first-order valence-corrected chi connectivity index (χ1v) is 6.48. The number of carbonyl (C=O) groups is 1. The molecule has 0 unspecified atom stereocenters. The first-order chi connectivity index (χ1) is 10.1. The lowest BCUT2D eigenvalue weighted by atomic mass is 9.99. The molecular formula is C16H16FNO3. The van der Waals surface area contributed by atoms with Crippen LogP contribution in [0, 0.1) is 5.82 Å². The normalized spacial score (nSPS) is 10.2. The molecule has 4 nitrogen and oxygen atoms in total. The van der Waals surface area contributed by atoms with Crippen LogP contribution in [0.2, 0.25) is 0 Å². The second-order valence-electron chi connectivity index (χ2n) is 4.33. The zero-order valence-corrected chi connectivity index (χ0v) is 11.9. The number of benzene rings is 2. The summed E-state index contributed by atoms with van der Waals surface area (Å²) in [5.74, 6) is -0.305. The molecule has 0 radical (unpaired) electrons. The minimum Gasteiger partial charge on any atom is -0.496 e. The van der Waals surface area contributed by atoms with Crippen LogP contribution in [-0.4, -0.2) is 19.5 Å². The average molecular weight is 289 g/mol. The molecule has 0 aliphatic carbocycles. The van der Waals surface area contributed by atoms with E-state index in [1.807, 2.05) is 0 Å². The van der Waals surface area contributed by atoms with Crippen molar-refractivity contribution in [2.24, 2.45) is 0 Å². The summed E-state index contributed by atoms with van der Waals surface area (Å²) in [6.07, 6.45) is 0. The molecule has 0 bridgehead atoms. The average Bonchev–Trinajstić information content (AvgIpc) is 2.47. The van der Waals surface area contributed by atoms with Gasteiger partial charge < -0.3 is 15.2 Å². The maximum atomic E-state index is 13.4. The number of nitrogen functional groups attached to an aromatic ring is 1. The van der Waals surface area contributed by atoms with Crippen LogP contribution in [0.15, 0.2) is 36.4 Å². The molecular weight excluding hydrogens is 273 g/mol. The summed E-state index contributed by atoms with van der Waals surface area (Å²) in [7, 11) is 1.42. The van der Waals surface area contributed by atoms with E-state index in [4.69, 9.17) is 15.2 Å². The molecule has 0 aromatic heterocycles. The highest BCUT2D eigenvalue weighted by Gasteiger charge is 2.21. The molecule has 0 amide bonds. The summed E-state index contributed by atoms with van der Waals surface area (Å²) < 4.78 is 24.0. The Balaban J connectivity index is 2.57. The highest BCUT2D eigenvalue weighted by molar-refractivity contribution is 6.15. The van der Waals surface area contributed by atoms with Gasteiger partial charge in [0, 0.05) is 5.69 Å². The monoisotopic (exact) mass is 289 g/mol. The Morgan fingerprint density at radius 1 is 1.24 bits per heavy atom. The minimum atomic E-state index is -0.522. The lowest BCUT2D eigenvalue weighted by Gasteiger charge is -2.13. The van der Waals surface area contributed by atoms with Crippen LogP contribution in [0.3, 0.4) is 0 Å². The van der Waals surface area contributed by atoms with Crippen molar-refractivity contribution in [3.63, 3.8) is 0 Å². The fraction of sp³-hybridized carbons (Fsp3) is 0.188. The van der Waals surface area contributed by atoms with E-state index in [9.17, 15) is 9.18 Å². The highest BCUT2D eigenvalue weighted by Crippen LogP contribution is 2.30. The Hall–Kier alpha value is -2.56. The van der Waals surface area contributed by atoms with E-state index in [-0.39, 0.29) is 22.6 Å². The zero-order valence-electron chi connectivity index (χ0n) is 11.9. The van der Waals surface area contributed by atoms with Crippen molar-refractivity contribution in [3.05, 3.63) is 53.3 Å². The smallest absolute Gasteiger partial charge is 0.202 e. The summed E-state index contributed by atoms with van der Waals surface area (Å²) in [4.78, 5) is 12.7. The van der Waals surface area contributed by atoms with E-state index >= 15 is 0 Å². The van der Waals surface area contributed by atoms with Gasteiger partial charge in [0.2, 0.25) is 5.78 Å². The molecule has 2 aromatic rings. The lowest BCUT2D eigenvalue weighted by Crippen LogP contribution is -2.10. The van der Waals surface area contributed by atoms with Gasteiger partial charge in [-0.25, -0.2) is 4.39 Å². The van der Waals surface area contributed by atoms with Crippen LogP contribution in [0.25, 0.3) is 0 Å². The predicted molar refractivity (Wildman–Crippen MR) is 78.4 cm³/mol. The second-order valence-corrected chi connectivity index (χ2v) is 4.33. The molecule has 0 aliphatic heterocycles. The van der Waals surface area contributed by atoms with Crippen LogP contribution in [0.5, 0.6) is 11.5 Å². The third-order valence-corrected chi connectivity index (χ3v) is 2.99. The fourth-order valence-electron chi connectivity index (χ4n) is 2.06. The molecule has 0 saturated carbocycles. The summed E-state index contributed by atoms with van der Waals surface area (Å²) in [5.41, 5.74) is 6.48. The second kappa shape index (κ2) is 6.26. The van der Waals surface area contributed by atoms with Crippen molar-refractivity contribution >= 4 is 11.5 Å². The standard InChI is InChI=1S/C16H16FNO3/c1-3-21-14-6-4-5-12(18)15(14)16(19)11-9-10(17)7-8-13(11)20-2/h4-9H,3,18H2,1-2H3. The Morgan fingerprint density at radius 2 is 2.00 bits per heavy atom. The first kappa shape index (κ1) is 14.8. The Kier molecular flexibility index (Phi) is 4.42. The zero-order chi connectivity index (χ0) is 15.4. The van der Waals surface area contributed by atoms with Crippen molar-refractivity contribution in [3.8, 4) is 11.5 Å². The van der Waals surface area contributed by atoms with Gasteiger partial charge in [0.1, 0.15) is 17.3 Å². The van der Waals surface area contributed by atoms with Gasteiger partial charge in [0.05, 0.1) is 24.8 Å². The topological polar surface area (TPSA) is 61.5 Å². The number of ether oxygens (including phenoxy) is 2. The molecule has 5 heteroatoms. The summed E-state index contributed by atoms with van der Waals surface area (Å²) in [5, 5.41) is 0. The Bertz CT molecular complexity index is 671. The van der Waals surface area contributed by atoms with E-state index in [0.717, 1.165) is 6.07 Å². The fourth-order valence-corrected chi connectivity index (χ4v) is 2.06. The summed E-state index contributed by atoms with van der Waals surface area (Å²) >= 11 is 0. The molecule has 0 fully saturated rings. The molecule has 2 N–H and O–H groups in total. The number of hydrogen-bond acceptors (Lipinski definition) is 4. The lowest BCUT2D eigenvalue weighted by molar-refractivity contribution is 0.103. The van der Waals surface area contributed by atoms with Crippen LogP contribution >= 0.6 is 0 Å². The van der Waals surface area contributed by atoms with Crippen molar-refractivity contribution in [1.82, 2.24) is 0 Å². The molecule has 0 saturated heterocycles.